The van der Waals surface area contributed by atoms with Gasteiger partial charge in [-0.2, -0.15) is 5.10 Å². The molecule has 8 heteroatoms. The van der Waals surface area contributed by atoms with E-state index < -0.39 is 0 Å². The standard InChI is InChI=1S/C13H17N5O2S/c1-9-6-11(17-16-9)12(19)15-13-14-10(8-21-13)7-18-2-4-20-5-3-18/h6,8H,2-5,7H2,1H3,(H,16,17)(H,14,15,19). The van der Waals surface area contributed by atoms with Crippen molar-refractivity contribution in [1.82, 2.24) is 20.1 Å². The Bertz CT molecular complexity index is 618. The molecule has 21 heavy (non-hydrogen) atoms. The third-order valence-corrected chi connectivity index (χ3v) is 4.01. The molecule has 3 rings (SSSR count). The van der Waals surface area contributed by atoms with E-state index in [1.807, 2.05) is 12.3 Å². The van der Waals surface area contributed by atoms with Crippen molar-refractivity contribution >= 4 is 22.4 Å². The van der Waals surface area contributed by atoms with Gasteiger partial charge >= 0.3 is 0 Å². The highest BCUT2D eigenvalue weighted by atomic mass is 32.1. The first-order valence-corrected chi connectivity index (χ1v) is 7.66. The molecule has 3 heterocycles. The Kier molecular flexibility index (Phi) is 4.28. The lowest BCUT2D eigenvalue weighted by atomic mass is 10.3. The number of hydrogen-bond acceptors (Lipinski definition) is 6. The maximum absolute atomic E-state index is 12.0. The Balaban J connectivity index is 1.58. The van der Waals surface area contributed by atoms with Crippen LogP contribution in [0.3, 0.4) is 0 Å². The molecule has 2 aromatic heterocycles. The van der Waals surface area contributed by atoms with Gasteiger partial charge in [0, 0.05) is 30.7 Å². The molecule has 1 amide bonds. The predicted molar refractivity (Wildman–Crippen MR) is 79.5 cm³/mol. The van der Waals surface area contributed by atoms with Crippen LogP contribution in [0.15, 0.2) is 11.4 Å². The van der Waals surface area contributed by atoms with E-state index in [1.54, 1.807) is 6.07 Å². The summed E-state index contributed by atoms with van der Waals surface area (Å²) in [5.41, 5.74) is 2.19. The molecule has 0 unspecified atom stereocenters. The number of nitrogens with one attached hydrogen (secondary N) is 2. The van der Waals surface area contributed by atoms with Gasteiger partial charge in [0.2, 0.25) is 0 Å². The maximum Gasteiger partial charge on any atom is 0.277 e. The van der Waals surface area contributed by atoms with Gasteiger partial charge in [0.25, 0.3) is 5.91 Å². The van der Waals surface area contributed by atoms with Crippen LogP contribution in [0.5, 0.6) is 0 Å². The minimum atomic E-state index is -0.244. The summed E-state index contributed by atoms with van der Waals surface area (Å²) in [4.78, 5) is 18.7. The van der Waals surface area contributed by atoms with Crippen molar-refractivity contribution in [3.63, 3.8) is 0 Å². The number of aromatic nitrogens is 3. The number of amides is 1. The summed E-state index contributed by atoms with van der Waals surface area (Å²) in [7, 11) is 0. The Morgan fingerprint density at radius 2 is 2.33 bits per heavy atom. The average molecular weight is 307 g/mol. The van der Waals surface area contributed by atoms with Gasteiger partial charge in [0.15, 0.2) is 10.8 Å². The summed E-state index contributed by atoms with van der Waals surface area (Å²) in [5.74, 6) is -0.244. The summed E-state index contributed by atoms with van der Waals surface area (Å²) < 4.78 is 5.32. The zero-order chi connectivity index (χ0) is 14.7. The van der Waals surface area contributed by atoms with E-state index >= 15 is 0 Å². The second-order valence-corrected chi connectivity index (χ2v) is 5.78. The van der Waals surface area contributed by atoms with E-state index in [2.05, 4.69) is 25.4 Å². The van der Waals surface area contributed by atoms with Crippen molar-refractivity contribution in [1.29, 1.82) is 0 Å². The fourth-order valence-electron chi connectivity index (χ4n) is 2.12. The average Bonchev–Trinajstić information content (AvgIpc) is 3.09. The van der Waals surface area contributed by atoms with Crippen LogP contribution in [-0.4, -0.2) is 52.3 Å². The van der Waals surface area contributed by atoms with Gasteiger partial charge in [-0.25, -0.2) is 4.98 Å². The number of morpholine rings is 1. The van der Waals surface area contributed by atoms with Crippen LogP contribution in [0.4, 0.5) is 5.13 Å². The molecule has 1 fully saturated rings. The second kappa shape index (κ2) is 6.33. The minimum absolute atomic E-state index is 0.244. The number of thiazole rings is 1. The fraction of sp³-hybridized carbons (Fsp3) is 0.462. The van der Waals surface area contributed by atoms with E-state index in [9.17, 15) is 4.79 Å². The first kappa shape index (κ1) is 14.2. The first-order chi connectivity index (χ1) is 10.2. The van der Waals surface area contributed by atoms with Gasteiger partial charge in [-0.15, -0.1) is 11.3 Å². The number of H-pyrrole nitrogens is 1. The number of ether oxygens (including phenoxy) is 1. The first-order valence-electron chi connectivity index (χ1n) is 6.78. The van der Waals surface area contributed by atoms with Crippen LogP contribution < -0.4 is 5.32 Å². The van der Waals surface area contributed by atoms with Crippen LogP contribution in [0, 0.1) is 6.92 Å². The zero-order valence-corrected chi connectivity index (χ0v) is 12.6. The summed E-state index contributed by atoms with van der Waals surface area (Å²) in [6.07, 6.45) is 0. The topological polar surface area (TPSA) is 83.1 Å². The van der Waals surface area contributed by atoms with Crippen LogP contribution in [0.2, 0.25) is 0 Å². The second-order valence-electron chi connectivity index (χ2n) is 4.92. The van der Waals surface area contributed by atoms with Gasteiger partial charge in [0.05, 0.1) is 18.9 Å². The van der Waals surface area contributed by atoms with Gasteiger partial charge in [-0.05, 0) is 13.0 Å². The van der Waals surface area contributed by atoms with E-state index in [1.165, 1.54) is 11.3 Å². The van der Waals surface area contributed by atoms with Crippen molar-refractivity contribution in [2.45, 2.75) is 13.5 Å². The zero-order valence-electron chi connectivity index (χ0n) is 11.8. The Hall–Kier alpha value is -1.77. The van der Waals surface area contributed by atoms with Crippen LogP contribution in [-0.2, 0) is 11.3 Å². The fourth-order valence-corrected chi connectivity index (χ4v) is 2.82. The lowest BCUT2D eigenvalue weighted by molar-refractivity contribution is 0.0337. The quantitative estimate of drug-likeness (QED) is 0.888. The third kappa shape index (κ3) is 3.66. The molecule has 0 bridgehead atoms. The molecule has 0 saturated carbocycles. The molecular weight excluding hydrogens is 290 g/mol. The number of aromatic amines is 1. The molecular formula is C13H17N5O2S. The largest absolute Gasteiger partial charge is 0.379 e. The lowest BCUT2D eigenvalue weighted by Crippen LogP contribution is -2.35. The van der Waals surface area contributed by atoms with Gasteiger partial charge in [-0.3, -0.25) is 20.1 Å². The number of carbonyl (C=O) groups excluding carboxylic acids is 1. The van der Waals surface area contributed by atoms with E-state index in [0.717, 1.165) is 44.2 Å². The van der Waals surface area contributed by atoms with Crippen molar-refractivity contribution in [3.8, 4) is 0 Å². The monoisotopic (exact) mass is 307 g/mol. The van der Waals surface area contributed by atoms with Crippen LogP contribution in [0.1, 0.15) is 21.9 Å². The van der Waals surface area contributed by atoms with Gasteiger partial charge in [0.1, 0.15) is 0 Å². The summed E-state index contributed by atoms with van der Waals surface area (Å²) in [5, 5.41) is 12.0. The van der Waals surface area contributed by atoms with E-state index in [0.29, 0.717) is 10.8 Å². The molecule has 0 aromatic carbocycles. The summed E-state index contributed by atoms with van der Waals surface area (Å²) in [6.45, 7) is 6.03. The van der Waals surface area contributed by atoms with Crippen molar-refractivity contribution in [2.24, 2.45) is 0 Å². The van der Waals surface area contributed by atoms with Crippen molar-refractivity contribution in [3.05, 3.63) is 28.5 Å². The molecule has 0 radical (unpaired) electrons. The number of rotatable bonds is 4. The molecule has 2 N–H and O–H groups in total. The SMILES string of the molecule is Cc1cc(C(=O)Nc2nc(CN3CCOCC3)cs2)n[nH]1. The predicted octanol–water partition coefficient (Wildman–Crippen LogP) is 1.26. The summed E-state index contributed by atoms with van der Waals surface area (Å²) >= 11 is 1.43. The highest BCUT2D eigenvalue weighted by Crippen LogP contribution is 2.18. The number of carbonyl (C=O) groups is 1. The molecule has 7 nitrogen and oxygen atoms in total. The van der Waals surface area contributed by atoms with Gasteiger partial charge in [-0.1, -0.05) is 0 Å². The molecule has 2 aromatic rings. The molecule has 0 aliphatic carbocycles. The molecule has 112 valence electrons. The Morgan fingerprint density at radius 1 is 1.52 bits per heavy atom. The van der Waals surface area contributed by atoms with Crippen LogP contribution in [0.25, 0.3) is 0 Å². The number of anilines is 1. The molecule has 0 atom stereocenters. The lowest BCUT2D eigenvalue weighted by Gasteiger charge is -2.25. The maximum atomic E-state index is 12.0. The third-order valence-electron chi connectivity index (χ3n) is 3.20. The molecule has 1 aliphatic heterocycles. The molecule has 1 aliphatic rings. The number of nitrogens with zero attached hydrogens (tertiary/aromatic N) is 3. The normalized spacial score (nSPS) is 16.0. The van der Waals surface area contributed by atoms with Crippen molar-refractivity contribution in [2.75, 3.05) is 31.6 Å². The number of aryl methyl sites for hydroxylation is 1. The smallest absolute Gasteiger partial charge is 0.277 e. The Morgan fingerprint density at radius 3 is 3.05 bits per heavy atom. The van der Waals surface area contributed by atoms with E-state index in [4.69, 9.17) is 4.74 Å². The van der Waals surface area contributed by atoms with Gasteiger partial charge < -0.3 is 4.74 Å². The highest BCUT2D eigenvalue weighted by molar-refractivity contribution is 7.13. The van der Waals surface area contributed by atoms with Crippen LogP contribution >= 0.6 is 11.3 Å². The number of hydrogen-bond donors (Lipinski definition) is 2. The van der Waals surface area contributed by atoms with Crippen molar-refractivity contribution < 1.29 is 9.53 Å². The molecule has 1 saturated heterocycles. The van der Waals surface area contributed by atoms with E-state index in [-0.39, 0.29) is 5.91 Å². The molecule has 0 spiro atoms. The summed E-state index contributed by atoms with van der Waals surface area (Å²) in [6, 6.07) is 1.71. The Labute approximate surface area is 126 Å². The minimum Gasteiger partial charge on any atom is -0.379 e. The highest BCUT2D eigenvalue weighted by Gasteiger charge is 2.14.